The van der Waals surface area contributed by atoms with Gasteiger partial charge in [-0.3, -0.25) is 4.79 Å². The van der Waals surface area contributed by atoms with Gasteiger partial charge in [0.15, 0.2) is 5.78 Å². The van der Waals surface area contributed by atoms with Crippen LogP contribution in [-0.2, 0) is 4.79 Å². The molecule has 0 bridgehead atoms. The Morgan fingerprint density at radius 2 is 2.37 bits per heavy atom. The minimum atomic E-state index is -0.876. The van der Waals surface area contributed by atoms with Crippen LogP contribution < -0.4 is 0 Å². The third kappa shape index (κ3) is 1.89. The Balaban J connectivity index is 2.51. The number of carbonyl (C=O) groups excluding carboxylic acids is 1. The molecule has 0 aromatic rings. The molecule has 0 amide bonds. The van der Waals surface area contributed by atoms with Crippen LogP contribution in [0.1, 0.15) is 33.1 Å². The van der Waals surface area contributed by atoms with Gasteiger partial charge in [0.05, 0.1) is 6.07 Å². The largest absolute Gasteiger partial charge is 0.293 e. The second-order valence-electron chi connectivity index (χ2n) is 6.02. The van der Waals surface area contributed by atoms with Gasteiger partial charge in [-0.1, -0.05) is 38.2 Å². The molecule has 2 aliphatic carbocycles. The predicted molar refractivity (Wildman–Crippen MR) is 76.1 cm³/mol. The Bertz CT molecular complexity index is 496. The van der Waals surface area contributed by atoms with E-state index in [1.807, 2.05) is 25.2 Å². The monoisotopic (exact) mass is 255 g/mol. The standard InChI is InChI=1S/C17H21NO/c1-4-5-10-16(3)11-9-15(19)17(12-18)13(2)7-6-8-14(16)17/h4,6-7,9,11,13-14H,1,5,8,10H2,2-3H3/t13-,14-,16+,17-/m0/s1. The lowest BCUT2D eigenvalue weighted by atomic mass is 9.50. The first-order chi connectivity index (χ1) is 9.01. The third-order valence-electron chi connectivity index (χ3n) is 4.96. The van der Waals surface area contributed by atoms with Crippen LogP contribution in [0.3, 0.4) is 0 Å². The zero-order valence-corrected chi connectivity index (χ0v) is 11.7. The summed E-state index contributed by atoms with van der Waals surface area (Å²) in [6.45, 7) is 7.93. The van der Waals surface area contributed by atoms with Crippen LogP contribution in [-0.4, -0.2) is 5.78 Å². The number of ketones is 1. The number of hydrogen-bond donors (Lipinski definition) is 0. The van der Waals surface area contributed by atoms with Crippen molar-refractivity contribution in [3.05, 3.63) is 37.0 Å². The van der Waals surface area contributed by atoms with Crippen molar-refractivity contribution in [3.63, 3.8) is 0 Å². The van der Waals surface area contributed by atoms with Crippen molar-refractivity contribution in [2.24, 2.45) is 22.7 Å². The Morgan fingerprint density at radius 3 is 3.00 bits per heavy atom. The van der Waals surface area contributed by atoms with Crippen LogP contribution in [0.2, 0.25) is 0 Å². The van der Waals surface area contributed by atoms with E-state index in [1.54, 1.807) is 6.08 Å². The van der Waals surface area contributed by atoms with Crippen LogP contribution in [0, 0.1) is 34.0 Å². The molecule has 0 aliphatic heterocycles. The quantitative estimate of drug-likeness (QED) is 0.719. The lowest BCUT2D eigenvalue weighted by Crippen LogP contribution is -2.51. The molecule has 0 heterocycles. The van der Waals surface area contributed by atoms with Crippen LogP contribution in [0.4, 0.5) is 0 Å². The minimum Gasteiger partial charge on any atom is -0.293 e. The average molecular weight is 255 g/mol. The summed E-state index contributed by atoms with van der Waals surface area (Å²) in [5.74, 6) is 0.0344. The lowest BCUT2D eigenvalue weighted by molar-refractivity contribution is -0.129. The second kappa shape index (κ2) is 4.81. The SMILES string of the molecule is C=CCC[C@]1(C)C=CC(=O)[C@]2(C#N)[C@H]1CC=C[C@@H]2C. The Morgan fingerprint density at radius 1 is 1.63 bits per heavy atom. The molecule has 0 spiro atoms. The van der Waals surface area contributed by atoms with Gasteiger partial charge in [-0.05, 0) is 36.7 Å². The zero-order valence-electron chi connectivity index (χ0n) is 11.7. The van der Waals surface area contributed by atoms with Crippen LogP contribution in [0.15, 0.2) is 37.0 Å². The third-order valence-corrected chi connectivity index (χ3v) is 4.96. The number of allylic oxidation sites excluding steroid dienone is 5. The van der Waals surface area contributed by atoms with Gasteiger partial charge in [0.2, 0.25) is 0 Å². The van der Waals surface area contributed by atoms with Gasteiger partial charge in [0.1, 0.15) is 5.41 Å². The predicted octanol–water partition coefficient (Wildman–Crippen LogP) is 3.82. The molecule has 0 N–H and O–H groups in total. The molecule has 4 atom stereocenters. The molecule has 2 nitrogen and oxygen atoms in total. The van der Waals surface area contributed by atoms with Crippen molar-refractivity contribution < 1.29 is 4.79 Å². The number of rotatable bonds is 3. The molecular formula is C17H21NO. The van der Waals surface area contributed by atoms with Crippen molar-refractivity contribution in [1.29, 1.82) is 5.26 Å². The highest BCUT2D eigenvalue weighted by Gasteiger charge is 2.57. The first-order valence-corrected chi connectivity index (χ1v) is 6.94. The van der Waals surface area contributed by atoms with Gasteiger partial charge in [-0.25, -0.2) is 0 Å². The molecule has 0 aromatic carbocycles. The number of nitriles is 1. The van der Waals surface area contributed by atoms with Gasteiger partial charge in [0.25, 0.3) is 0 Å². The van der Waals surface area contributed by atoms with E-state index in [-0.39, 0.29) is 23.0 Å². The molecule has 0 saturated carbocycles. The summed E-state index contributed by atoms with van der Waals surface area (Å²) in [6.07, 6.45) is 12.4. The van der Waals surface area contributed by atoms with E-state index in [1.165, 1.54) is 0 Å². The summed E-state index contributed by atoms with van der Waals surface area (Å²) < 4.78 is 0. The van der Waals surface area contributed by atoms with Gasteiger partial charge in [-0.2, -0.15) is 5.26 Å². The van der Waals surface area contributed by atoms with Crippen LogP contribution >= 0.6 is 0 Å². The van der Waals surface area contributed by atoms with Crippen molar-refractivity contribution in [2.75, 3.05) is 0 Å². The summed E-state index contributed by atoms with van der Waals surface area (Å²) in [7, 11) is 0. The molecule has 0 saturated heterocycles. The Labute approximate surface area is 115 Å². The normalized spacial score (nSPS) is 40.6. The molecule has 0 unspecified atom stereocenters. The lowest BCUT2D eigenvalue weighted by Gasteiger charge is -2.50. The maximum absolute atomic E-state index is 12.4. The van der Waals surface area contributed by atoms with E-state index in [0.717, 1.165) is 19.3 Å². The van der Waals surface area contributed by atoms with Gasteiger partial charge in [0, 0.05) is 5.92 Å². The van der Waals surface area contributed by atoms with Gasteiger partial charge >= 0.3 is 0 Å². The fourth-order valence-electron chi connectivity index (χ4n) is 3.68. The van der Waals surface area contributed by atoms with Crippen molar-refractivity contribution in [3.8, 4) is 6.07 Å². The van der Waals surface area contributed by atoms with Crippen molar-refractivity contribution in [1.82, 2.24) is 0 Å². The van der Waals surface area contributed by atoms with E-state index >= 15 is 0 Å². The molecule has 2 heteroatoms. The molecule has 100 valence electrons. The first-order valence-electron chi connectivity index (χ1n) is 6.94. The minimum absolute atomic E-state index is 0.0169. The summed E-state index contributed by atoms with van der Waals surface area (Å²) in [5.41, 5.74) is -0.976. The average Bonchev–Trinajstić information content (AvgIpc) is 2.41. The molecule has 2 aliphatic rings. The van der Waals surface area contributed by atoms with Gasteiger partial charge < -0.3 is 0 Å². The van der Waals surface area contributed by atoms with Crippen molar-refractivity contribution in [2.45, 2.75) is 33.1 Å². The van der Waals surface area contributed by atoms with E-state index in [4.69, 9.17) is 0 Å². The van der Waals surface area contributed by atoms with Crippen LogP contribution in [0.25, 0.3) is 0 Å². The maximum atomic E-state index is 12.4. The number of nitrogens with zero attached hydrogens (tertiary/aromatic N) is 1. The van der Waals surface area contributed by atoms with E-state index in [0.29, 0.717) is 0 Å². The topological polar surface area (TPSA) is 40.9 Å². The summed E-state index contributed by atoms with van der Waals surface area (Å²) in [4.78, 5) is 12.4. The highest BCUT2D eigenvalue weighted by molar-refractivity contribution is 5.99. The van der Waals surface area contributed by atoms with Crippen molar-refractivity contribution >= 4 is 5.78 Å². The molecule has 0 aromatic heterocycles. The first kappa shape index (κ1) is 13.8. The molecular weight excluding hydrogens is 234 g/mol. The highest BCUT2D eigenvalue weighted by Crippen LogP contribution is 2.55. The second-order valence-corrected chi connectivity index (χ2v) is 6.02. The molecule has 0 radical (unpaired) electrons. The molecule has 19 heavy (non-hydrogen) atoms. The van der Waals surface area contributed by atoms with E-state index in [2.05, 4.69) is 25.6 Å². The smallest absolute Gasteiger partial charge is 0.176 e. The maximum Gasteiger partial charge on any atom is 0.176 e. The number of fused-ring (bicyclic) bond motifs is 1. The Kier molecular flexibility index (Phi) is 3.49. The molecule has 0 fully saturated rings. The zero-order chi connectivity index (χ0) is 14.1. The number of carbonyl (C=O) groups is 1. The number of hydrogen-bond acceptors (Lipinski definition) is 2. The summed E-state index contributed by atoms with van der Waals surface area (Å²) >= 11 is 0. The van der Waals surface area contributed by atoms with Gasteiger partial charge in [-0.15, -0.1) is 6.58 Å². The fourth-order valence-corrected chi connectivity index (χ4v) is 3.68. The van der Waals surface area contributed by atoms with E-state index < -0.39 is 5.41 Å². The van der Waals surface area contributed by atoms with E-state index in [9.17, 15) is 10.1 Å². The Hall–Kier alpha value is -1.62. The van der Waals surface area contributed by atoms with Crippen LogP contribution in [0.5, 0.6) is 0 Å². The molecule has 2 rings (SSSR count). The highest BCUT2D eigenvalue weighted by atomic mass is 16.1. The summed E-state index contributed by atoms with van der Waals surface area (Å²) in [5, 5.41) is 9.72. The fraction of sp³-hybridized carbons (Fsp3) is 0.529. The summed E-state index contributed by atoms with van der Waals surface area (Å²) in [6, 6.07) is 2.37.